The molecule has 0 fully saturated rings. The molecule has 0 aliphatic carbocycles. The second kappa shape index (κ2) is 13.7. The van der Waals surface area contributed by atoms with E-state index in [9.17, 15) is 23.6 Å². The van der Waals surface area contributed by atoms with Gasteiger partial charge in [-0.25, -0.2) is 14.0 Å². The van der Waals surface area contributed by atoms with Gasteiger partial charge in [0.25, 0.3) is 12.4 Å². The molecule has 0 saturated carbocycles. The average Bonchev–Trinajstić information content (AvgIpc) is 2.67. The number of hydrogen-bond donors (Lipinski definition) is 3. The Hall–Kier alpha value is -2.44. The average molecular weight is 538 g/mol. The monoisotopic (exact) mass is 538 g/mol. The van der Waals surface area contributed by atoms with Crippen molar-refractivity contribution in [2.75, 3.05) is 6.54 Å². The first kappa shape index (κ1) is 25.6. The fourth-order valence-corrected chi connectivity index (χ4v) is 2.91. The van der Waals surface area contributed by atoms with Gasteiger partial charge in [0, 0.05) is 16.5 Å². The second-order valence-electron chi connectivity index (χ2n) is 6.26. The van der Waals surface area contributed by atoms with Crippen molar-refractivity contribution in [2.24, 2.45) is 0 Å². The van der Waals surface area contributed by atoms with E-state index in [0.717, 1.165) is 0 Å². The zero-order valence-electron chi connectivity index (χ0n) is 16.4. The Morgan fingerprint density at radius 2 is 2.00 bits per heavy atom. The number of nitrogens with one attached hydrogen (secondary N) is 2. The Balaban J connectivity index is 2.40. The molecule has 0 saturated heterocycles. The molecule has 3 N–H and O–H groups in total. The van der Waals surface area contributed by atoms with Gasteiger partial charge in [0.15, 0.2) is 6.23 Å². The van der Waals surface area contributed by atoms with Crippen LogP contribution in [-0.4, -0.2) is 48.4 Å². The predicted molar refractivity (Wildman–Crippen MR) is 112 cm³/mol. The molecule has 0 aromatic heterocycles. The van der Waals surface area contributed by atoms with Crippen LogP contribution in [0.5, 0.6) is 0 Å². The van der Waals surface area contributed by atoms with E-state index < -0.39 is 36.1 Å². The molecule has 0 aliphatic heterocycles. The minimum atomic E-state index is -1.29. The summed E-state index contributed by atoms with van der Waals surface area (Å²) in [6.45, 7) is 2.16. The molecule has 0 spiro atoms. The minimum Gasteiger partial charge on any atom is -0.479 e. The van der Waals surface area contributed by atoms with Gasteiger partial charge in [0.1, 0.15) is 5.82 Å². The van der Waals surface area contributed by atoms with Crippen molar-refractivity contribution >= 4 is 47.0 Å². The molecule has 0 radical (unpaired) electrons. The molecule has 1 aromatic rings. The summed E-state index contributed by atoms with van der Waals surface area (Å²) >= 11 is 1.94. The van der Waals surface area contributed by atoms with Crippen molar-refractivity contribution < 1.29 is 38.1 Å². The minimum absolute atomic E-state index is 0.0537. The molecule has 166 valence electrons. The Kier molecular flexibility index (Phi) is 11.7. The molecule has 2 atom stereocenters. The van der Waals surface area contributed by atoms with Crippen LogP contribution in [0.2, 0.25) is 0 Å². The van der Waals surface area contributed by atoms with Crippen LogP contribution in [0.3, 0.4) is 0 Å². The van der Waals surface area contributed by atoms with Crippen LogP contribution < -0.4 is 10.6 Å². The topological polar surface area (TPSA) is 131 Å². The van der Waals surface area contributed by atoms with E-state index in [2.05, 4.69) is 10.6 Å². The van der Waals surface area contributed by atoms with Crippen LogP contribution in [0.15, 0.2) is 18.2 Å². The molecule has 0 heterocycles. The van der Waals surface area contributed by atoms with Gasteiger partial charge in [-0.15, -0.1) is 0 Å². The Morgan fingerprint density at radius 3 is 2.60 bits per heavy atom. The standard InChI is InChI=1S/C19H24FIN2O7/c1-2-5-15(18(26)27)30-19(28)23-16(29-11-24)6-3-4-9-22-17(25)13-8-7-12(21)10-14(13)20/h7-8,10-11,15-16H,2-6,9H2,1H3,(H,22,25)(H,23,28)(H,26,27)/t15-,16+/m0/s1. The Bertz CT molecular complexity index is 748. The predicted octanol–water partition coefficient (Wildman–Crippen LogP) is 2.81. The van der Waals surface area contributed by atoms with Crippen molar-refractivity contribution in [3.8, 4) is 0 Å². The third kappa shape index (κ3) is 9.37. The quantitative estimate of drug-likeness (QED) is 0.152. The summed E-state index contributed by atoms with van der Waals surface area (Å²) in [4.78, 5) is 45.5. The molecule has 2 amide bonds. The van der Waals surface area contributed by atoms with Crippen LogP contribution in [0.4, 0.5) is 9.18 Å². The zero-order valence-corrected chi connectivity index (χ0v) is 18.5. The van der Waals surface area contributed by atoms with Crippen molar-refractivity contribution in [3.05, 3.63) is 33.1 Å². The molecule has 0 bridgehead atoms. The third-order valence-corrected chi connectivity index (χ3v) is 4.60. The van der Waals surface area contributed by atoms with Crippen LogP contribution in [-0.2, 0) is 19.1 Å². The van der Waals surface area contributed by atoms with Crippen LogP contribution in [0.25, 0.3) is 0 Å². The highest BCUT2D eigenvalue weighted by Gasteiger charge is 2.23. The molecule has 0 aliphatic rings. The normalized spacial score (nSPS) is 12.4. The maximum atomic E-state index is 13.8. The number of amides is 2. The lowest BCUT2D eigenvalue weighted by Crippen LogP contribution is -2.40. The highest BCUT2D eigenvalue weighted by molar-refractivity contribution is 14.1. The van der Waals surface area contributed by atoms with Gasteiger partial charge in [-0.2, -0.15) is 0 Å². The number of benzene rings is 1. The van der Waals surface area contributed by atoms with Gasteiger partial charge in [0.05, 0.1) is 5.56 Å². The van der Waals surface area contributed by atoms with Crippen molar-refractivity contribution in [1.29, 1.82) is 0 Å². The summed E-state index contributed by atoms with van der Waals surface area (Å²) < 4.78 is 24.0. The fraction of sp³-hybridized carbons (Fsp3) is 0.474. The first-order chi connectivity index (χ1) is 14.3. The number of carbonyl (C=O) groups excluding carboxylic acids is 3. The lowest BCUT2D eigenvalue weighted by molar-refractivity contribution is -0.147. The highest BCUT2D eigenvalue weighted by atomic mass is 127. The van der Waals surface area contributed by atoms with Gasteiger partial charge in [0.2, 0.25) is 6.10 Å². The molecule has 0 unspecified atom stereocenters. The SMILES string of the molecule is CCC[C@H](OC(=O)N[C@@H](CCCCNC(=O)c1ccc(I)cc1F)OC=O)C(=O)O. The number of rotatable bonds is 13. The molecule has 1 rings (SSSR count). The zero-order chi connectivity index (χ0) is 22.5. The number of carbonyl (C=O) groups is 4. The van der Waals surface area contributed by atoms with Crippen molar-refractivity contribution in [2.45, 2.75) is 51.4 Å². The van der Waals surface area contributed by atoms with E-state index in [4.69, 9.17) is 14.6 Å². The maximum absolute atomic E-state index is 13.8. The van der Waals surface area contributed by atoms with Gasteiger partial charge < -0.3 is 19.9 Å². The summed E-state index contributed by atoms with van der Waals surface area (Å²) in [6, 6.07) is 4.29. The van der Waals surface area contributed by atoms with E-state index in [-0.39, 0.29) is 31.4 Å². The van der Waals surface area contributed by atoms with E-state index in [1.54, 1.807) is 13.0 Å². The molecule has 11 heteroatoms. The third-order valence-electron chi connectivity index (χ3n) is 3.93. The summed E-state index contributed by atoms with van der Waals surface area (Å²) in [7, 11) is 0. The molecule has 9 nitrogen and oxygen atoms in total. The van der Waals surface area contributed by atoms with Crippen LogP contribution in [0, 0.1) is 9.39 Å². The van der Waals surface area contributed by atoms with E-state index in [0.29, 0.717) is 22.8 Å². The van der Waals surface area contributed by atoms with E-state index in [1.807, 2.05) is 22.6 Å². The number of ether oxygens (including phenoxy) is 2. The number of carboxylic acids is 1. The molecular weight excluding hydrogens is 514 g/mol. The first-order valence-corrected chi connectivity index (χ1v) is 10.4. The fourth-order valence-electron chi connectivity index (χ4n) is 2.46. The number of carboxylic acid groups (broad SMARTS) is 1. The number of alkyl carbamates (subject to hydrolysis) is 1. The number of hydrogen-bond acceptors (Lipinski definition) is 6. The maximum Gasteiger partial charge on any atom is 0.410 e. The lowest BCUT2D eigenvalue weighted by atomic mass is 10.2. The molecular formula is C19H24FIN2O7. The van der Waals surface area contributed by atoms with Gasteiger partial charge >= 0.3 is 12.1 Å². The number of halogens is 2. The first-order valence-electron chi connectivity index (χ1n) is 9.30. The van der Waals surface area contributed by atoms with Gasteiger partial charge in [-0.05, 0) is 60.1 Å². The van der Waals surface area contributed by atoms with Gasteiger partial charge in [-0.3, -0.25) is 14.9 Å². The van der Waals surface area contributed by atoms with Crippen molar-refractivity contribution in [1.82, 2.24) is 10.6 Å². The van der Waals surface area contributed by atoms with Crippen LogP contribution >= 0.6 is 22.6 Å². The van der Waals surface area contributed by atoms with E-state index >= 15 is 0 Å². The number of aliphatic carboxylic acids is 1. The number of unbranched alkanes of at least 4 members (excludes halogenated alkanes) is 1. The van der Waals surface area contributed by atoms with Crippen molar-refractivity contribution in [3.63, 3.8) is 0 Å². The largest absolute Gasteiger partial charge is 0.479 e. The summed E-state index contributed by atoms with van der Waals surface area (Å²) in [5.74, 6) is -2.41. The Morgan fingerprint density at radius 1 is 1.27 bits per heavy atom. The lowest BCUT2D eigenvalue weighted by Gasteiger charge is -2.19. The second-order valence-corrected chi connectivity index (χ2v) is 7.51. The molecule has 30 heavy (non-hydrogen) atoms. The van der Waals surface area contributed by atoms with Gasteiger partial charge in [-0.1, -0.05) is 13.3 Å². The molecule has 1 aromatic carbocycles. The Labute approximate surface area is 186 Å². The van der Waals surface area contributed by atoms with Crippen LogP contribution in [0.1, 0.15) is 49.4 Å². The summed E-state index contributed by atoms with van der Waals surface area (Å²) in [5, 5.41) is 13.9. The summed E-state index contributed by atoms with van der Waals surface area (Å²) in [6.07, 6.45) is -1.50. The smallest absolute Gasteiger partial charge is 0.410 e. The highest BCUT2D eigenvalue weighted by Crippen LogP contribution is 2.12. The summed E-state index contributed by atoms with van der Waals surface area (Å²) in [5.41, 5.74) is -0.0537. The van der Waals surface area contributed by atoms with E-state index in [1.165, 1.54) is 12.1 Å².